The van der Waals surface area contributed by atoms with E-state index >= 15 is 0 Å². The van der Waals surface area contributed by atoms with Crippen molar-refractivity contribution in [3.63, 3.8) is 0 Å². The normalized spacial score (nSPS) is 18.1. The van der Waals surface area contributed by atoms with Crippen molar-refractivity contribution in [2.75, 3.05) is 24.5 Å². The van der Waals surface area contributed by atoms with Crippen LogP contribution in [0.4, 0.5) is 10.5 Å². The summed E-state index contributed by atoms with van der Waals surface area (Å²) in [6.07, 6.45) is 10.4. The monoisotopic (exact) mass is 615 g/mol. The molecule has 0 spiro atoms. The van der Waals surface area contributed by atoms with Gasteiger partial charge in [0.1, 0.15) is 17.7 Å². The Hall–Kier alpha value is -4.39. The van der Waals surface area contributed by atoms with Crippen LogP contribution in [0, 0.1) is 12.3 Å². The van der Waals surface area contributed by atoms with E-state index in [1.807, 2.05) is 45.0 Å². The van der Waals surface area contributed by atoms with Crippen LogP contribution in [0.15, 0.2) is 48.8 Å². The molecule has 2 saturated heterocycles. The highest BCUT2D eigenvalue weighted by atomic mass is 16.6. The molecule has 2 atom stereocenters. The predicted octanol–water partition coefficient (Wildman–Crippen LogP) is 4.59. The number of carbonyl (C=O) groups excluding carboxylic acids is 4. The maximum absolute atomic E-state index is 14.5. The van der Waals surface area contributed by atoms with Crippen molar-refractivity contribution in [2.24, 2.45) is 0 Å². The molecule has 10 heteroatoms. The molecule has 2 aromatic rings. The van der Waals surface area contributed by atoms with Gasteiger partial charge in [0, 0.05) is 49.3 Å². The number of benzene rings is 1. The number of ether oxygens (including phenoxy) is 1. The van der Waals surface area contributed by atoms with Crippen LogP contribution in [-0.4, -0.2) is 75.9 Å². The zero-order valence-electron chi connectivity index (χ0n) is 27.2. The van der Waals surface area contributed by atoms with Crippen molar-refractivity contribution >= 4 is 29.5 Å². The maximum atomic E-state index is 14.5. The lowest BCUT2D eigenvalue weighted by Gasteiger charge is -2.37. The van der Waals surface area contributed by atoms with E-state index in [1.165, 1.54) is 9.80 Å². The number of likely N-dealkylation sites (tertiary alicyclic amines) is 2. The average molecular weight is 616 g/mol. The lowest BCUT2D eigenvalue weighted by atomic mass is 9.87. The van der Waals surface area contributed by atoms with Gasteiger partial charge in [-0.25, -0.2) is 4.79 Å². The molecular formula is C35H45N5O5. The summed E-state index contributed by atoms with van der Waals surface area (Å²) in [6.45, 7) is 13.0. The summed E-state index contributed by atoms with van der Waals surface area (Å²) in [4.78, 5) is 62.8. The van der Waals surface area contributed by atoms with Crippen LogP contribution in [0.25, 0.3) is 0 Å². The van der Waals surface area contributed by atoms with E-state index in [0.717, 1.165) is 5.56 Å². The van der Waals surface area contributed by atoms with Crippen molar-refractivity contribution in [3.05, 3.63) is 59.9 Å². The summed E-state index contributed by atoms with van der Waals surface area (Å²) < 4.78 is 5.52. The summed E-state index contributed by atoms with van der Waals surface area (Å²) in [6, 6.07) is 9.00. The van der Waals surface area contributed by atoms with Gasteiger partial charge in [0.2, 0.25) is 5.91 Å². The molecule has 1 aromatic heterocycles. The summed E-state index contributed by atoms with van der Waals surface area (Å²) in [5.41, 5.74) is 1.41. The molecule has 0 bridgehead atoms. The highest BCUT2D eigenvalue weighted by molar-refractivity contribution is 6.06. The molecular weight excluding hydrogens is 570 g/mol. The average Bonchev–Trinajstić information content (AvgIpc) is 3.49. The second kappa shape index (κ2) is 13.7. The van der Waals surface area contributed by atoms with Crippen molar-refractivity contribution in [1.82, 2.24) is 20.1 Å². The minimum absolute atomic E-state index is 0.122. The van der Waals surface area contributed by atoms with E-state index in [-0.39, 0.29) is 29.4 Å². The Bertz CT molecular complexity index is 1410. The Balaban J connectivity index is 1.67. The van der Waals surface area contributed by atoms with Gasteiger partial charge in [-0.15, -0.1) is 6.42 Å². The lowest BCUT2D eigenvalue weighted by molar-refractivity contribution is -0.134. The molecule has 240 valence electrons. The van der Waals surface area contributed by atoms with Gasteiger partial charge >= 0.3 is 6.09 Å². The van der Waals surface area contributed by atoms with Crippen molar-refractivity contribution in [1.29, 1.82) is 0 Å². The Morgan fingerprint density at radius 2 is 1.67 bits per heavy atom. The zero-order valence-corrected chi connectivity index (χ0v) is 27.2. The Kier molecular flexibility index (Phi) is 10.2. The third-order valence-corrected chi connectivity index (χ3v) is 8.17. The molecule has 0 aliphatic carbocycles. The van der Waals surface area contributed by atoms with Gasteiger partial charge in [-0.1, -0.05) is 39.0 Å². The van der Waals surface area contributed by atoms with Gasteiger partial charge in [-0.2, -0.15) is 0 Å². The number of amides is 4. The first-order valence-electron chi connectivity index (χ1n) is 15.6. The Labute approximate surface area is 266 Å². The fourth-order valence-electron chi connectivity index (χ4n) is 5.80. The van der Waals surface area contributed by atoms with Crippen LogP contribution in [0.1, 0.15) is 84.4 Å². The first kappa shape index (κ1) is 33.5. The smallest absolute Gasteiger partial charge is 0.410 e. The van der Waals surface area contributed by atoms with Crippen LogP contribution in [0.5, 0.6) is 0 Å². The van der Waals surface area contributed by atoms with Crippen LogP contribution in [-0.2, 0) is 24.5 Å². The van der Waals surface area contributed by atoms with Crippen molar-refractivity contribution in [3.8, 4) is 12.3 Å². The fourth-order valence-corrected chi connectivity index (χ4v) is 5.80. The molecule has 2 fully saturated rings. The number of hydrogen-bond donors (Lipinski definition) is 1. The first-order valence-corrected chi connectivity index (χ1v) is 15.6. The molecule has 1 aromatic carbocycles. The standard InChI is InChI=1S/C35H45N5O5/c1-8-29(41)39-20-10-12-28(39)32(43)40(27-15-13-25(14-16-27)34(2,3)4)30(24-11-9-19-36-23-24)31(42)37-26-17-21-38(22-18-26)33(44)45-35(5,6)7/h1,9,11,13-16,19,23,26,28,30H,10,12,17-18,20-22H2,2-7H3,(H,37,42). The Morgan fingerprint density at radius 1 is 1.00 bits per heavy atom. The van der Waals surface area contributed by atoms with Crippen molar-refractivity contribution in [2.45, 2.75) is 96.4 Å². The number of rotatable bonds is 6. The number of nitrogens with zero attached hydrogens (tertiary/aromatic N) is 4. The van der Waals surface area contributed by atoms with E-state index in [2.05, 4.69) is 37.0 Å². The minimum atomic E-state index is -1.07. The Morgan fingerprint density at radius 3 is 2.22 bits per heavy atom. The van der Waals surface area contributed by atoms with Crippen molar-refractivity contribution < 1.29 is 23.9 Å². The molecule has 45 heavy (non-hydrogen) atoms. The highest BCUT2D eigenvalue weighted by Crippen LogP contribution is 2.33. The number of piperidine rings is 1. The number of carbonyl (C=O) groups is 4. The second-order valence-corrected chi connectivity index (χ2v) is 13.7. The molecule has 0 saturated carbocycles. The predicted molar refractivity (Wildman–Crippen MR) is 172 cm³/mol. The molecule has 2 aliphatic rings. The topological polar surface area (TPSA) is 112 Å². The lowest BCUT2D eigenvalue weighted by Crippen LogP contribution is -2.54. The van der Waals surface area contributed by atoms with Gasteiger partial charge in [0.15, 0.2) is 0 Å². The molecule has 1 N–H and O–H groups in total. The highest BCUT2D eigenvalue weighted by Gasteiger charge is 2.42. The van der Waals surface area contributed by atoms with E-state index < -0.39 is 23.6 Å². The van der Waals surface area contributed by atoms with Gasteiger partial charge in [-0.05, 0) is 81.6 Å². The van der Waals surface area contributed by atoms with E-state index in [9.17, 15) is 19.2 Å². The van der Waals surface area contributed by atoms with Gasteiger partial charge in [-0.3, -0.25) is 24.3 Å². The third-order valence-electron chi connectivity index (χ3n) is 8.17. The quantitative estimate of drug-likeness (QED) is 0.476. The number of anilines is 1. The minimum Gasteiger partial charge on any atom is -0.444 e. The van der Waals surface area contributed by atoms with E-state index in [0.29, 0.717) is 56.6 Å². The summed E-state index contributed by atoms with van der Waals surface area (Å²) in [5.74, 6) is 0.837. The fraction of sp³-hybridized carbons (Fsp3) is 0.514. The van der Waals surface area contributed by atoms with E-state index in [4.69, 9.17) is 11.2 Å². The zero-order chi connectivity index (χ0) is 32.9. The van der Waals surface area contributed by atoms with Crippen LogP contribution >= 0.6 is 0 Å². The first-order chi connectivity index (χ1) is 21.2. The van der Waals surface area contributed by atoms with Crippen LogP contribution in [0.3, 0.4) is 0 Å². The second-order valence-electron chi connectivity index (χ2n) is 13.7. The SMILES string of the molecule is C#CC(=O)N1CCCC1C(=O)N(c1ccc(C(C)(C)C)cc1)C(C(=O)NC1CCN(C(=O)OC(C)(C)C)CC1)c1cccnc1. The van der Waals surface area contributed by atoms with Gasteiger partial charge in [0.05, 0.1) is 0 Å². The molecule has 2 aliphatic heterocycles. The largest absolute Gasteiger partial charge is 0.444 e. The molecule has 4 rings (SSSR count). The molecule has 3 heterocycles. The number of pyridine rings is 1. The van der Waals surface area contributed by atoms with Crippen LogP contribution < -0.4 is 10.2 Å². The molecule has 4 amide bonds. The molecule has 2 unspecified atom stereocenters. The number of aromatic nitrogens is 1. The van der Waals surface area contributed by atoms with Gasteiger partial charge < -0.3 is 19.9 Å². The molecule has 0 radical (unpaired) electrons. The van der Waals surface area contributed by atoms with Crippen LogP contribution in [0.2, 0.25) is 0 Å². The number of terminal acetylenes is 1. The maximum Gasteiger partial charge on any atom is 0.410 e. The summed E-state index contributed by atoms with van der Waals surface area (Å²) in [7, 11) is 0. The van der Waals surface area contributed by atoms with E-state index in [1.54, 1.807) is 29.4 Å². The molecule has 10 nitrogen and oxygen atoms in total. The van der Waals surface area contributed by atoms with Gasteiger partial charge in [0.25, 0.3) is 11.8 Å². The summed E-state index contributed by atoms with van der Waals surface area (Å²) in [5, 5.41) is 3.15. The number of hydrogen-bond acceptors (Lipinski definition) is 6. The summed E-state index contributed by atoms with van der Waals surface area (Å²) >= 11 is 0. The number of nitrogens with one attached hydrogen (secondary N) is 1. The third kappa shape index (κ3) is 8.21.